The average molecular weight is 591 g/mol. The Morgan fingerprint density at radius 1 is 0.795 bits per heavy atom. The van der Waals surface area contributed by atoms with Gasteiger partial charge < -0.3 is 30.4 Å². The summed E-state index contributed by atoms with van der Waals surface area (Å²) in [5, 5.41) is 24.7. The van der Waals surface area contributed by atoms with E-state index in [-0.39, 0.29) is 5.56 Å². The Morgan fingerprint density at radius 2 is 1.18 bits per heavy atom. The van der Waals surface area contributed by atoms with E-state index in [1.807, 2.05) is 7.05 Å². The van der Waals surface area contributed by atoms with Crippen molar-refractivity contribution in [1.29, 1.82) is 0 Å². The molecule has 0 spiro atoms. The van der Waals surface area contributed by atoms with Crippen LogP contribution in [0.5, 0.6) is 0 Å². The molecule has 0 unspecified atom stereocenters. The zero-order chi connectivity index (χ0) is 30.8. The average Bonchev–Trinajstić information content (AvgIpc) is 2.79. The third kappa shape index (κ3) is 13.0. The standard InChI is InChI=1S/C12H19N5O.3C2HF3O2/c1-16-6-2-3-9-10(16)14-12(15-11(9)18)17-7-4-13-5-8-17;3*3-2(4,5)1(6)7/h13H,2-8H2,1H3,(H,14,15,18);3*(H,6,7). The Morgan fingerprint density at radius 3 is 1.54 bits per heavy atom. The minimum absolute atomic E-state index is 0.0279. The SMILES string of the molecule is CN1CCCc2c1nc(N1CCNCC1)[nH]c2=O.O=C(O)C(F)(F)F.O=C(O)C(F)(F)F.O=C(O)C(F)(F)F. The second kappa shape index (κ2) is 14.4. The molecular weight excluding hydrogens is 569 g/mol. The van der Waals surface area contributed by atoms with Gasteiger partial charge >= 0.3 is 36.4 Å². The highest BCUT2D eigenvalue weighted by molar-refractivity contribution is 5.73. The summed E-state index contributed by atoms with van der Waals surface area (Å²) in [6.07, 6.45) is -13.4. The summed E-state index contributed by atoms with van der Waals surface area (Å²) in [4.78, 5) is 50.6. The number of fused-ring (bicyclic) bond motifs is 1. The Balaban J connectivity index is 0.000000576. The molecule has 1 aromatic heterocycles. The van der Waals surface area contributed by atoms with Crippen LogP contribution in [0.15, 0.2) is 4.79 Å². The largest absolute Gasteiger partial charge is 0.490 e. The molecule has 2 aliphatic heterocycles. The van der Waals surface area contributed by atoms with Gasteiger partial charge in [-0.05, 0) is 12.8 Å². The number of aliphatic carboxylic acids is 3. The lowest BCUT2D eigenvalue weighted by atomic mass is 10.1. The van der Waals surface area contributed by atoms with E-state index in [0.717, 1.165) is 56.9 Å². The number of aromatic nitrogens is 2. The first-order chi connectivity index (χ1) is 17.6. The number of hydrogen-bond donors (Lipinski definition) is 5. The number of aromatic amines is 1. The smallest absolute Gasteiger partial charge is 0.475 e. The van der Waals surface area contributed by atoms with E-state index >= 15 is 0 Å². The second-order valence-corrected chi connectivity index (χ2v) is 7.36. The molecular formula is C18H22F9N5O7. The van der Waals surface area contributed by atoms with Gasteiger partial charge in [0.25, 0.3) is 5.56 Å². The van der Waals surface area contributed by atoms with Crippen molar-refractivity contribution >= 4 is 29.7 Å². The molecule has 0 aromatic carbocycles. The van der Waals surface area contributed by atoms with Crippen molar-refractivity contribution in [2.75, 3.05) is 49.6 Å². The number of H-pyrrole nitrogens is 1. The lowest BCUT2D eigenvalue weighted by Crippen LogP contribution is -2.45. The maximum Gasteiger partial charge on any atom is 0.490 e. The number of carboxylic acid groups (broad SMARTS) is 3. The Kier molecular flexibility index (Phi) is 13.0. The van der Waals surface area contributed by atoms with Crippen LogP contribution in [0.1, 0.15) is 12.0 Å². The highest BCUT2D eigenvalue weighted by Gasteiger charge is 2.39. The lowest BCUT2D eigenvalue weighted by Gasteiger charge is -2.30. The Labute approximate surface area is 212 Å². The maximum absolute atomic E-state index is 12.1. The molecule has 1 saturated heterocycles. The summed E-state index contributed by atoms with van der Waals surface area (Å²) in [7, 11) is 2.01. The van der Waals surface area contributed by atoms with Gasteiger partial charge in [0, 0.05) is 39.8 Å². The second-order valence-electron chi connectivity index (χ2n) is 7.36. The molecule has 0 saturated carbocycles. The van der Waals surface area contributed by atoms with Gasteiger partial charge in [0.05, 0.1) is 5.56 Å². The van der Waals surface area contributed by atoms with Gasteiger partial charge in [0.1, 0.15) is 5.82 Å². The van der Waals surface area contributed by atoms with Gasteiger partial charge in [-0.15, -0.1) is 0 Å². The van der Waals surface area contributed by atoms with Crippen LogP contribution in [0.3, 0.4) is 0 Å². The van der Waals surface area contributed by atoms with Crippen molar-refractivity contribution in [3.63, 3.8) is 0 Å². The molecule has 3 rings (SSSR count). The van der Waals surface area contributed by atoms with Crippen LogP contribution in [0.25, 0.3) is 0 Å². The molecule has 12 nitrogen and oxygen atoms in total. The third-order valence-electron chi connectivity index (χ3n) is 4.41. The van der Waals surface area contributed by atoms with Gasteiger partial charge in [-0.1, -0.05) is 0 Å². The normalized spacial score (nSPS) is 15.2. The molecule has 0 radical (unpaired) electrons. The molecule has 0 atom stereocenters. The first-order valence-electron chi connectivity index (χ1n) is 10.3. The fourth-order valence-corrected chi connectivity index (χ4v) is 2.64. The fraction of sp³-hybridized carbons (Fsp3) is 0.611. The molecule has 0 bridgehead atoms. The van der Waals surface area contributed by atoms with Crippen LogP contribution in [0.4, 0.5) is 51.3 Å². The van der Waals surface area contributed by atoms with Crippen molar-refractivity contribution < 1.29 is 69.2 Å². The quantitative estimate of drug-likeness (QED) is 0.299. The predicted molar refractivity (Wildman–Crippen MR) is 113 cm³/mol. The molecule has 0 amide bonds. The van der Waals surface area contributed by atoms with E-state index < -0.39 is 36.4 Å². The van der Waals surface area contributed by atoms with E-state index in [4.69, 9.17) is 29.7 Å². The van der Waals surface area contributed by atoms with Gasteiger partial charge in [0.2, 0.25) is 5.95 Å². The van der Waals surface area contributed by atoms with Gasteiger partial charge in [-0.25, -0.2) is 14.4 Å². The zero-order valence-corrected chi connectivity index (χ0v) is 19.7. The number of alkyl halides is 9. The number of rotatable bonds is 1. The van der Waals surface area contributed by atoms with Gasteiger partial charge in [-0.2, -0.15) is 44.5 Å². The van der Waals surface area contributed by atoms with Crippen LogP contribution in [0, 0.1) is 0 Å². The number of anilines is 2. The summed E-state index contributed by atoms with van der Waals surface area (Å²) in [6.45, 7) is 4.65. The van der Waals surface area contributed by atoms with Crippen molar-refractivity contribution in [1.82, 2.24) is 15.3 Å². The minimum Gasteiger partial charge on any atom is -0.475 e. The molecule has 21 heteroatoms. The first kappa shape index (κ1) is 35.2. The molecule has 39 heavy (non-hydrogen) atoms. The summed E-state index contributed by atoms with van der Waals surface area (Å²) < 4.78 is 95.2. The molecule has 3 heterocycles. The maximum atomic E-state index is 12.1. The number of piperazine rings is 1. The Bertz CT molecular complexity index is 979. The first-order valence-corrected chi connectivity index (χ1v) is 10.3. The minimum atomic E-state index is -5.08. The van der Waals surface area contributed by atoms with Crippen molar-refractivity contribution in [3.05, 3.63) is 15.9 Å². The monoisotopic (exact) mass is 591 g/mol. The number of carboxylic acids is 3. The van der Waals surface area contributed by atoms with Crippen LogP contribution in [-0.2, 0) is 20.8 Å². The van der Waals surface area contributed by atoms with E-state index in [1.165, 1.54) is 0 Å². The van der Waals surface area contributed by atoms with E-state index in [2.05, 4.69) is 25.1 Å². The molecule has 224 valence electrons. The third-order valence-corrected chi connectivity index (χ3v) is 4.41. The predicted octanol–water partition coefficient (Wildman–Crippen LogP) is 1.46. The summed E-state index contributed by atoms with van der Waals surface area (Å²) in [5.41, 5.74) is 0.864. The summed E-state index contributed by atoms with van der Waals surface area (Å²) in [5.74, 6) is -6.69. The highest BCUT2D eigenvalue weighted by atomic mass is 19.4. The van der Waals surface area contributed by atoms with Crippen LogP contribution >= 0.6 is 0 Å². The number of carbonyl (C=O) groups is 3. The number of halogens is 9. The zero-order valence-electron chi connectivity index (χ0n) is 19.7. The number of nitrogens with one attached hydrogen (secondary N) is 2. The van der Waals surface area contributed by atoms with Crippen LogP contribution in [0.2, 0.25) is 0 Å². The van der Waals surface area contributed by atoms with Crippen molar-refractivity contribution in [2.24, 2.45) is 0 Å². The molecule has 5 N–H and O–H groups in total. The molecule has 0 aliphatic carbocycles. The number of nitrogens with zero attached hydrogens (tertiary/aromatic N) is 3. The molecule has 1 aromatic rings. The summed E-state index contributed by atoms with van der Waals surface area (Å²) in [6, 6.07) is 0. The van der Waals surface area contributed by atoms with E-state index in [0.29, 0.717) is 5.95 Å². The highest BCUT2D eigenvalue weighted by Crippen LogP contribution is 2.22. The Hall–Kier alpha value is -3.78. The fourth-order valence-electron chi connectivity index (χ4n) is 2.64. The number of hydrogen-bond acceptors (Lipinski definition) is 8. The summed E-state index contributed by atoms with van der Waals surface area (Å²) >= 11 is 0. The van der Waals surface area contributed by atoms with Crippen LogP contribution in [-0.4, -0.2) is 101 Å². The van der Waals surface area contributed by atoms with E-state index in [9.17, 15) is 44.3 Å². The topological polar surface area (TPSA) is 176 Å². The van der Waals surface area contributed by atoms with Crippen molar-refractivity contribution in [2.45, 2.75) is 31.4 Å². The lowest BCUT2D eigenvalue weighted by molar-refractivity contribution is -0.193. The van der Waals surface area contributed by atoms with E-state index in [1.54, 1.807) is 0 Å². The van der Waals surface area contributed by atoms with Gasteiger partial charge in [-0.3, -0.25) is 9.78 Å². The molecule has 2 aliphatic rings. The van der Waals surface area contributed by atoms with Gasteiger partial charge in [0.15, 0.2) is 0 Å². The molecule has 1 fully saturated rings. The van der Waals surface area contributed by atoms with Crippen molar-refractivity contribution in [3.8, 4) is 0 Å². The van der Waals surface area contributed by atoms with Crippen LogP contribution < -0.4 is 20.7 Å².